The fourth-order valence-corrected chi connectivity index (χ4v) is 4.30. The smallest absolute Gasteiger partial charge is 0.310 e. The normalized spacial score (nSPS) is 29.4. The SMILES string of the molecule is CCN(CC1(C(=O)O)CC1)C1CCS(=O)(=O)C1. The minimum atomic E-state index is -2.90. The van der Waals surface area contributed by atoms with Gasteiger partial charge in [-0.1, -0.05) is 6.92 Å². The summed E-state index contributed by atoms with van der Waals surface area (Å²) < 4.78 is 22.9. The first-order valence-corrected chi connectivity index (χ1v) is 7.88. The highest BCUT2D eigenvalue weighted by molar-refractivity contribution is 7.91. The molecule has 1 atom stereocenters. The molecule has 1 aliphatic heterocycles. The van der Waals surface area contributed by atoms with Crippen LogP contribution in [-0.4, -0.2) is 55.0 Å². The first kappa shape index (κ1) is 12.8. The average molecular weight is 261 g/mol. The van der Waals surface area contributed by atoms with E-state index in [1.165, 1.54) is 0 Å². The minimum Gasteiger partial charge on any atom is -0.481 e. The molecule has 0 aromatic carbocycles. The van der Waals surface area contributed by atoms with Gasteiger partial charge in [0.15, 0.2) is 9.84 Å². The highest BCUT2D eigenvalue weighted by Gasteiger charge is 2.52. The van der Waals surface area contributed by atoms with Crippen LogP contribution in [0.5, 0.6) is 0 Å². The molecule has 1 saturated carbocycles. The van der Waals surface area contributed by atoms with E-state index in [1.807, 2.05) is 11.8 Å². The molecule has 0 aromatic rings. The molecular formula is C11H19NO4S. The zero-order valence-electron chi connectivity index (χ0n) is 10.1. The Labute approximate surface area is 102 Å². The summed E-state index contributed by atoms with van der Waals surface area (Å²) in [7, 11) is -2.90. The summed E-state index contributed by atoms with van der Waals surface area (Å²) in [5.74, 6) is -0.304. The van der Waals surface area contributed by atoms with E-state index >= 15 is 0 Å². The van der Waals surface area contributed by atoms with Crippen molar-refractivity contribution in [3.8, 4) is 0 Å². The van der Waals surface area contributed by atoms with Gasteiger partial charge in [-0.25, -0.2) is 8.42 Å². The van der Waals surface area contributed by atoms with Crippen molar-refractivity contribution >= 4 is 15.8 Å². The van der Waals surface area contributed by atoms with Crippen LogP contribution >= 0.6 is 0 Å². The topological polar surface area (TPSA) is 74.7 Å². The Balaban J connectivity index is 2.01. The van der Waals surface area contributed by atoms with Crippen LogP contribution in [0.15, 0.2) is 0 Å². The second kappa shape index (κ2) is 4.24. The lowest BCUT2D eigenvalue weighted by Crippen LogP contribution is -2.42. The van der Waals surface area contributed by atoms with E-state index < -0.39 is 21.2 Å². The fraction of sp³-hybridized carbons (Fsp3) is 0.909. The number of hydrogen-bond acceptors (Lipinski definition) is 4. The van der Waals surface area contributed by atoms with Crippen LogP contribution < -0.4 is 0 Å². The van der Waals surface area contributed by atoms with Crippen LogP contribution in [0.4, 0.5) is 0 Å². The molecule has 0 amide bonds. The third kappa shape index (κ3) is 2.63. The number of aliphatic carboxylic acids is 1. The molecule has 6 heteroatoms. The molecule has 5 nitrogen and oxygen atoms in total. The Morgan fingerprint density at radius 1 is 1.47 bits per heavy atom. The number of nitrogens with zero attached hydrogens (tertiary/aromatic N) is 1. The van der Waals surface area contributed by atoms with Crippen molar-refractivity contribution in [1.82, 2.24) is 4.90 Å². The van der Waals surface area contributed by atoms with Crippen molar-refractivity contribution in [1.29, 1.82) is 0 Å². The van der Waals surface area contributed by atoms with Gasteiger partial charge in [-0.2, -0.15) is 0 Å². The van der Waals surface area contributed by atoms with Crippen molar-refractivity contribution in [2.24, 2.45) is 5.41 Å². The number of carbonyl (C=O) groups is 1. The Bertz CT molecular complexity index is 413. The Kier molecular flexibility index (Phi) is 3.20. The third-order valence-electron chi connectivity index (χ3n) is 3.94. The van der Waals surface area contributed by atoms with Crippen molar-refractivity contribution in [2.75, 3.05) is 24.6 Å². The first-order valence-electron chi connectivity index (χ1n) is 6.06. The van der Waals surface area contributed by atoms with Gasteiger partial charge in [0, 0.05) is 12.6 Å². The zero-order chi connectivity index (χ0) is 12.7. The number of sulfone groups is 1. The molecule has 1 aliphatic carbocycles. The average Bonchev–Trinajstić information content (AvgIpc) is 2.95. The summed E-state index contributed by atoms with van der Waals surface area (Å²) in [5.41, 5.74) is -0.595. The van der Waals surface area contributed by atoms with Gasteiger partial charge in [0.25, 0.3) is 0 Å². The Morgan fingerprint density at radius 3 is 2.47 bits per heavy atom. The lowest BCUT2D eigenvalue weighted by atomic mass is 10.1. The summed E-state index contributed by atoms with van der Waals surface area (Å²) in [6.45, 7) is 3.18. The molecule has 0 spiro atoms. The van der Waals surface area contributed by atoms with Gasteiger partial charge in [-0.05, 0) is 25.8 Å². The van der Waals surface area contributed by atoms with Gasteiger partial charge in [0.2, 0.25) is 0 Å². The molecule has 1 heterocycles. The Hall–Kier alpha value is -0.620. The number of carboxylic acids is 1. The molecule has 0 bridgehead atoms. The second-order valence-corrected chi connectivity index (χ2v) is 7.43. The van der Waals surface area contributed by atoms with Crippen molar-refractivity contribution in [3.05, 3.63) is 0 Å². The van der Waals surface area contributed by atoms with E-state index in [2.05, 4.69) is 0 Å². The molecule has 98 valence electrons. The van der Waals surface area contributed by atoms with Gasteiger partial charge < -0.3 is 5.11 Å². The fourth-order valence-electron chi connectivity index (χ4n) is 2.54. The van der Waals surface area contributed by atoms with Crippen LogP contribution in [0.1, 0.15) is 26.2 Å². The summed E-state index contributed by atoms with van der Waals surface area (Å²) >= 11 is 0. The molecule has 1 N–H and O–H groups in total. The van der Waals surface area contributed by atoms with Crippen LogP contribution in [0.3, 0.4) is 0 Å². The number of rotatable bonds is 5. The summed E-state index contributed by atoms with van der Waals surface area (Å²) in [6.07, 6.45) is 2.09. The molecule has 17 heavy (non-hydrogen) atoms. The maximum absolute atomic E-state index is 11.4. The van der Waals surface area contributed by atoms with Crippen LogP contribution in [0.2, 0.25) is 0 Å². The standard InChI is InChI=1S/C11H19NO4S/c1-2-12(8-11(4-5-11)10(13)14)9-3-6-17(15,16)7-9/h9H,2-8H2,1H3,(H,13,14). The molecule has 0 aromatic heterocycles. The summed E-state index contributed by atoms with van der Waals surface area (Å²) in [4.78, 5) is 13.2. The van der Waals surface area contributed by atoms with E-state index in [9.17, 15) is 13.2 Å². The van der Waals surface area contributed by atoms with Gasteiger partial charge in [0.05, 0.1) is 16.9 Å². The lowest BCUT2D eigenvalue weighted by Gasteiger charge is -2.29. The van der Waals surface area contributed by atoms with Gasteiger partial charge in [-0.3, -0.25) is 9.69 Å². The molecule has 2 fully saturated rings. The third-order valence-corrected chi connectivity index (χ3v) is 5.69. The van der Waals surface area contributed by atoms with Crippen LogP contribution in [0, 0.1) is 5.41 Å². The van der Waals surface area contributed by atoms with E-state index in [4.69, 9.17) is 5.11 Å². The number of carboxylic acid groups (broad SMARTS) is 1. The van der Waals surface area contributed by atoms with Gasteiger partial charge in [-0.15, -0.1) is 0 Å². The molecular weight excluding hydrogens is 242 g/mol. The molecule has 1 unspecified atom stereocenters. The van der Waals surface area contributed by atoms with E-state index in [1.54, 1.807) is 0 Å². The largest absolute Gasteiger partial charge is 0.481 e. The monoisotopic (exact) mass is 261 g/mol. The van der Waals surface area contributed by atoms with Crippen LogP contribution in [-0.2, 0) is 14.6 Å². The quantitative estimate of drug-likeness (QED) is 0.773. The van der Waals surface area contributed by atoms with E-state index in [0.717, 1.165) is 19.4 Å². The summed E-state index contributed by atoms with van der Waals surface area (Å²) in [5, 5.41) is 9.15. The highest BCUT2D eigenvalue weighted by Crippen LogP contribution is 2.47. The second-order valence-electron chi connectivity index (χ2n) is 5.21. The van der Waals surface area contributed by atoms with Gasteiger partial charge in [0.1, 0.15) is 0 Å². The first-order chi connectivity index (χ1) is 7.88. The van der Waals surface area contributed by atoms with Crippen LogP contribution in [0.25, 0.3) is 0 Å². The van der Waals surface area contributed by atoms with Crippen molar-refractivity contribution in [3.63, 3.8) is 0 Å². The predicted octanol–water partition coefficient (Wildman–Crippen LogP) is 0.360. The van der Waals surface area contributed by atoms with E-state index in [-0.39, 0.29) is 17.5 Å². The van der Waals surface area contributed by atoms with E-state index in [0.29, 0.717) is 13.0 Å². The molecule has 1 saturated heterocycles. The zero-order valence-corrected chi connectivity index (χ0v) is 10.9. The lowest BCUT2D eigenvalue weighted by molar-refractivity contribution is -0.144. The molecule has 0 radical (unpaired) electrons. The predicted molar refractivity (Wildman–Crippen MR) is 63.6 cm³/mol. The molecule has 2 aliphatic rings. The van der Waals surface area contributed by atoms with Crippen molar-refractivity contribution < 1.29 is 18.3 Å². The maximum Gasteiger partial charge on any atom is 0.310 e. The Morgan fingerprint density at radius 2 is 2.12 bits per heavy atom. The van der Waals surface area contributed by atoms with Gasteiger partial charge >= 0.3 is 5.97 Å². The highest BCUT2D eigenvalue weighted by atomic mass is 32.2. The maximum atomic E-state index is 11.4. The summed E-state index contributed by atoms with van der Waals surface area (Å²) in [6, 6.07) is 0.0156. The minimum absolute atomic E-state index is 0.0156. The number of hydrogen-bond donors (Lipinski definition) is 1. The molecule has 2 rings (SSSR count). The van der Waals surface area contributed by atoms with Crippen molar-refractivity contribution in [2.45, 2.75) is 32.2 Å².